The van der Waals surface area contributed by atoms with Crippen LogP contribution < -0.4 is 16.2 Å². The molecule has 9 nitrogen and oxygen atoms in total. The summed E-state index contributed by atoms with van der Waals surface area (Å²) in [5.74, 6) is 0.676. The zero-order valence-corrected chi connectivity index (χ0v) is 17.6. The molecule has 2 aromatic carbocycles. The molecule has 2 N–H and O–H groups in total. The monoisotopic (exact) mass is 445 g/mol. The molecular weight excluding hydrogens is 425 g/mol. The molecule has 0 aliphatic carbocycles. The van der Waals surface area contributed by atoms with E-state index in [0.717, 1.165) is 11.3 Å². The van der Waals surface area contributed by atoms with E-state index in [1.54, 1.807) is 32.3 Å². The number of fused-ring (bicyclic) bond motifs is 3. The van der Waals surface area contributed by atoms with Gasteiger partial charge in [0.15, 0.2) is 5.65 Å². The van der Waals surface area contributed by atoms with Crippen LogP contribution in [0.15, 0.2) is 59.8 Å². The van der Waals surface area contributed by atoms with Crippen molar-refractivity contribution in [2.24, 2.45) is 5.73 Å². The van der Waals surface area contributed by atoms with Crippen LogP contribution >= 0.6 is 0 Å². The Kier molecular flexibility index (Phi) is 4.47. The van der Waals surface area contributed by atoms with E-state index in [4.69, 9.17) is 15.5 Å². The Balaban J connectivity index is 1.60. The van der Waals surface area contributed by atoms with Crippen LogP contribution in [-0.2, 0) is 6.54 Å². The Labute approximate surface area is 186 Å². The zero-order chi connectivity index (χ0) is 22.5. The summed E-state index contributed by atoms with van der Waals surface area (Å²) < 4.78 is 24.6. The summed E-state index contributed by atoms with van der Waals surface area (Å²) in [6.45, 7) is 1.13. The van der Waals surface area contributed by atoms with Crippen LogP contribution in [0.3, 0.4) is 0 Å². The van der Waals surface area contributed by atoms with Gasteiger partial charge in [0, 0.05) is 31.1 Å². The second kappa shape index (κ2) is 7.52. The standard InChI is InChI=1S/C23H20FN7O2/c24-14-5-6-16-18(11-14)30(13-27-16)22-26-12-19-21(28-22)31(23(32)29(19)9-8-25)17-7-10-33-20-4-2-1-3-15(17)20/h1-6,11-13,17H,7-10,25H2/t17-/m1/s1. The Morgan fingerprint density at radius 3 is 2.91 bits per heavy atom. The van der Waals surface area contributed by atoms with Crippen molar-refractivity contribution in [1.29, 1.82) is 0 Å². The van der Waals surface area contributed by atoms with E-state index >= 15 is 0 Å². The Bertz CT molecular complexity index is 1570. The predicted octanol–water partition coefficient (Wildman–Crippen LogP) is 2.40. The summed E-state index contributed by atoms with van der Waals surface area (Å²) in [5.41, 5.74) is 8.75. The highest BCUT2D eigenvalue weighted by molar-refractivity contribution is 5.77. The molecule has 0 saturated carbocycles. The van der Waals surface area contributed by atoms with E-state index in [0.29, 0.717) is 54.3 Å². The fourth-order valence-electron chi connectivity index (χ4n) is 4.52. The molecule has 3 aromatic heterocycles. The van der Waals surface area contributed by atoms with Gasteiger partial charge in [-0.15, -0.1) is 0 Å². The van der Waals surface area contributed by atoms with E-state index in [2.05, 4.69) is 9.97 Å². The number of benzene rings is 2. The third kappa shape index (κ3) is 3.02. The predicted molar refractivity (Wildman–Crippen MR) is 120 cm³/mol. The van der Waals surface area contributed by atoms with Crippen molar-refractivity contribution in [3.05, 3.63) is 76.9 Å². The van der Waals surface area contributed by atoms with Gasteiger partial charge in [0.25, 0.3) is 0 Å². The Hall–Kier alpha value is -4.05. The average molecular weight is 445 g/mol. The highest BCUT2D eigenvalue weighted by Gasteiger charge is 2.28. The number of hydrogen-bond donors (Lipinski definition) is 1. The molecule has 0 amide bonds. The van der Waals surface area contributed by atoms with Crippen LogP contribution in [0.2, 0.25) is 0 Å². The summed E-state index contributed by atoms with van der Waals surface area (Å²) in [7, 11) is 0. The molecule has 166 valence electrons. The first-order chi connectivity index (χ1) is 16.2. The van der Waals surface area contributed by atoms with Gasteiger partial charge >= 0.3 is 5.69 Å². The summed E-state index contributed by atoms with van der Waals surface area (Å²) in [6.07, 6.45) is 3.78. The van der Waals surface area contributed by atoms with Crippen LogP contribution in [0.1, 0.15) is 18.0 Å². The number of halogens is 1. The molecule has 10 heteroatoms. The second-order valence-electron chi connectivity index (χ2n) is 7.91. The number of para-hydroxylation sites is 1. The molecule has 4 heterocycles. The van der Waals surface area contributed by atoms with Crippen LogP contribution in [0.5, 0.6) is 5.75 Å². The van der Waals surface area contributed by atoms with Crippen molar-refractivity contribution < 1.29 is 9.13 Å². The van der Waals surface area contributed by atoms with Gasteiger partial charge in [-0.2, -0.15) is 4.98 Å². The largest absolute Gasteiger partial charge is 0.493 e. The minimum atomic E-state index is -0.379. The summed E-state index contributed by atoms with van der Waals surface area (Å²) >= 11 is 0. The maximum absolute atomic E-state index is 13.9. The summed E-state index contributed by atoms with van der Waals surface area (Å²) in [6, 6.07) is 11.8. The van der Waals surface area contributed by atoms with Crippen molar-refractivity contribution in [3.8, 4) is 11.7 Å². The summed E-state index contributed by atoms with van der Waals surface area (Å²) in [5, 5.41) is 0. The van der Waals surface area contributed by atoms with Crippen LogP contribution in [0.25, 0.3) is 28.1 Å². The number of imidazole rings is 2. The zero-order valence-electron chi connectivity index (χ0n) is 17.6. The molecule has 1 aliphatic rings. The van der Waals surface area contributed by atoms with Gasteiger partial charge in [0.2, 0.25) is 5.95 Å². The topological polar surface area (TPSA) is 106 Å². The van der Waals surface area contributed by atoms with E-state index in [1.165, 1.54) is 12.1 Å². The lowest BCUT2D eigenvalue weighted by atomic mass is 10.0. The fourth-order valence-corrected chi connectivity index (χ4v) is 4.52. The SMILES string of the molecule is NCCn1c(=O)n([C@@H]2CCOc3ccccc32)c2nc(-n3cnc4ccc(F)cc43)ncc21. The van der Waals surface area contributed by atoms with E-state index in [1.807, 2.05) is 24.3 Å². The quantitative estimate of drug-likeness (QED) is 0.455. The maximum Gasteiger partial charge on any atom is 0.330 e. The molecule has 6 rings (SSSR count). The lowest BCUT2D eigenvalue weighted by Gasteiger charge is -2.26. The lowest BCUT2D eigenvalue weighted by molar-refractivity contribution is 0.255. The first-order valence-corrected chi connectivity index (χ1v) is 10.7. The van der Waals surface area contributed by atoms with Crippen molar-refractivity contribution >= 4 is 22.2 Å². The number of nitrogens with two attached hydrogens (primary N) is 1. The van der Waals surface area contributed by atoms with Crippen LogP contribution in [0, 0.1) is 5.82 Å². The van der Waals surface area contributed by atoms with Gasteiger partial charge in [0.1, 0.15) is 23.4 Å². The number of nitrogens with zero attached hydrogens (tertiary/aromatic N) is 6. The molecule has 0 unspecified atom stereocenters. The number of hydrogen-bond acceptors (Lipinski definition) is 6. The van der Waals surface area contributed by atoms with Crippen LogP contribution in [0.4, 0.5) is 4.39 Å². The normalized spacial score (nSPS) is 15.6. The van der Waals surface area contributed by atoms with Gasteiger partial charge in [0.05, 0.1) is 29.9 Å². The molecule has 1 aliphatic heterocycles. The van der Waals surface area contributed by atoms with Gasteiger partial charge in [-0.3, -0.25) is 13.7 Å². The third-order valence-corrected chi connectivity index (χ3v) is 6.01. The summed E-state index contributed by atoms with van der Waals surface area (Å²) in [4.78, 5) is 27.1. The molecule has 0 spiro atoms. The molecule has 0 bridgehead atoms. The number of ether oxygens (including phenoxy) is 1. The molecule has 5 aromatic rings. The van der Waals surface area contributed by atoms with Crippen molar-refractivity contribution in [2.45, 2.75) is 19.0 Å². The van der Waals surface area contributed by atoms with Gasteiger partial charge in [-0.05, 0) is 18.2 Å². The molecular formula is C23H20FN7O2. The molecule has 1 atom stereocenters. The minimum Gasteiger partial charge on any atom is -0.493 e. The fraction of sp³-hybridized carbons (Fsp3) is 0.217. The van der Waals surface area contributed by atoms with Gasteiger partial charge in [-0.1, -0.05) is 18.2 Å². The molecule has 0 radical (unpaired) electrons. The maximum atomic E-state index is 13.9. The average Bonchev–Trinajstić information content (AvgIpc) is 3.37. The van der Waals surface area contributed by atoms with Gasteiger partial charge < -0.3 is 10.5 Å². The second-order valence-corrected chi connectivity index (χ2v) is 7.91. The highest BCUT2D eigenvalue weighted by Crippen LogP contribution is 2.35. The smallest absolute Gasteiger partial charge is 0.330 e. The molecule has 0 saturated heterocycles. The van der Waals surface area contributed by atoms with E-state index < -0.39 is 0 Å². The number of rotatable bonds is 4. The molecule has 0 fully saturated rings. The van der Waals surface area contributed by atoms with Crippen molar-refractivity contribution in [1.82, 2.24) is 28.7 Å². The number of aromatic nitrogens is 6. The lowest BCUT2D eigenvalue weighted by Crippen LogP contribution is -2.32. The van der Waals surface area contributed by atoms with Crippen molar-refractivity contribution in [3.63, 3.8) is 0 Å². The minimum absolute atomic E-state index is 0.204. The first kappa shape index (κ1) is 19.6. The van der Waals surface area contributed by atoms with Crippen LogP contribution in [-0.4, -0.2) is 41.8 Å². The Morgan fingerprint density at radius 1 is 1.15 bits per heavy atom. The Morgan fingerprint density at radius 2 is 2.03 bits per heavy atom. The molecule has 33 heavy (non-hydrogen) atoms. The third-order valence-electron chi connectivity index (χ3n) is 6.01. The van der Waals surface area contributed by atoms with Gasteiger partial charge in [-0.25, -0.2) is 19.2 Å². The van der Waals surface area contributed by atoms with Crippen molar-refractivity contribution in [2.75, 3.05) is 13.2 Å². The first-order valence-electron chi connectivity index (χ1n) is 10.7. The van der Waals surface area contributed by atoms with E-state index in [9.17, 15) is 9.18 Å². The highest BCUT2D eigenvalue weighted by atomic mass is 19.1. The van der Waals surface area contributed by atoms with E-state index in [-0.39, 0.29) is 17.5 Å².